The maximum atomic E-state index is 11.3. The van der Waals surface area contributed by atoms with Crippen LogP contribution in [0, 0.1) is 0 Å². The molecule has 0 aliphatic heterocycles. The van der Waals surface area contributed by atoms with Crippen molar-refractivity contribution in [3.63, 3.8) is 0 Å². The summed E-state index contributed by atoms with van der Waals surface area (Å²) in [5.74, 6) is 0.557. The first-order chi connectivity index (χ1) is 7.47. The second-order valence-corrected chi connectivity index (χ2v) is 4.49. The van der Waals surface area contributed by atoms with Gasteiger partial charge < -0.3 is 14.6 Å². The van der Waals surface area contributed by atoms with Crippen molar-refractivity contribution >= 4 is 5.97 Å². The second-order valence-electron chi connectivity index (χ2n) is 4.49. The van der Waals surface area contributed by atoms with E-state index in [2.05, 4.69) is 10.5 Å². The summed E-state index contributed by atoms with van der Waals surface area (Å²) in [4.78, 5) is 11.3. The molecule has 0 saturated carbocycles. The van der Waals surface area contributed by atoms with E-state index in [4.69, 9.17) is 9.26 Å². The number of carbonyl (C=O) groups is 1. The van der Waals surface area contributed by atoms with Crippen LogP contribution in [0.4, 0.5) is 0 Å². The van der Waals surface area contributed by atoms with E-state index in [1.165, 1.54) is 0 Å². The smallest absolute Gasteiger partial charge is 0.307 e. The van der Waals surface area contributed by atoms with Gasteiger partial charge >= 0.3 is 5.97 Å². The summed E-state index contributed by atoms with van der Waals surface area (Å²) in [6.45, 7) is 6.70. The summed E-state index contributed by atoms with van der Waals surface area (Å²) in [6.07, 6.45) is 1.94. The molecule has 1 aromatic heterocycles. The monoisotopic (exact) mass is 226 g/mol. The molecule has 1 N–H and O–H groups in total. The van der Waals surface area contributed by atoms with Crippen molar-refractivity contribution in [2.24, 2.45) is 0 Å². The zero-order valence-corrected chi connectivity index (χ0v) is 9.95. The van der Waals surface area contributed by atoms with E-state index >= 15 is 0 Å². The first kappa shape index (κ1) is 12.7. The van der Waals surface area contributed by atoms with Crippen LogP contribution < -0.4 is 5.32 Å². The molecular formula is C11H18N2O3. The van der Waals surface area contributed by atoms with Crippen molar-refractivity contribution in [2.75, 3.05) is 6.54 Å². The highest BCUT2D eigenvalue weighted by Crippen LogP contribution is 2.07. The Hall–Kier alpha value is -1.36. The molecule has 0 unspecified atom stereocenters. The number of ether oxygens (including phenoxy) is 1. The van der Waals surface area contributed by atoms with Crippen molar-refractivity contribution in [1.29, 1.82) is 0 Å². The van der Waals surface area contributed by atoms with Gasteiger partial charge in [0.05, 0.1) is 19.2 Å². The van der Waals surface area contributed by atoms with E-state index in [0.29, 0.717) is 19.5 Å². The van der Waals surface area contributed by atoms with Crippen molar-refractivity contribution in [1.82, 2.24) is 10.5 Å². The summed E-state index contributed by atoms with van der Waals surface area (Å²) in [6, 6.07) is 1.78. The van der Waals surface area contributed by atoms with Gasteiger partial charge in [-0.3, -0.25) is 4.79 Å². The molecule has 5 nitrogen and oxygen atoms in total. The Kier molecular flexibility index (Phi) is 4.49. The lowest BCUT2D eigenvalue weighted by Crippen LogP contribution is -2.26. The molecule has 0 atom stereocenters. The molecule has 1 heterocycles. The van der Waals surface area contributed by atoms with Crippen LogP contribution >= 0.6 is 0 Å². The molecule has 0 bridgehead atoms. The van der Waals surface area contributed by atoms with Gasteiger partial charge in [-0.25, -0.2) is 0 Å². The fourth-order valence-electron chi connectivity index (χ4n) is 1.13. The Morgan fingerprint density at radius 2 is 2.31 bits per heavy atom. The SMILES string of the molecule is CC(C)(C)OC(=O)CCNCc1ccno1. The summed E-state index contributed by atoms with van der Waals surface area (Å²) in [7, 11) is 0. The minimum absolute atomic E-state index is 0.197. The first-order valence-corrected chi connectivity index (χ1v) is 5.29. The van der Waals surface area contributed by atoms with Gasteiger partial charge in [-0.15, -0.1) is 0 Å². The molecule has 1 aromatic rings. The predicted octanol–water partition coefficient (Wildman–Crippen LogP) is 1.50. The van der Waals surface area contributed by atoms with E-state index in [1.54, 1.807) is 12.3 Å². The highest BCUT2D eigenvalue weighted by atomic mass is 16.6. The minimum Gasteiger partial charge on any atom is -0.460 e. The summed E-state index contributed by atoms with van der Waals surface area (Å²) in [5.41, 5.74) is -0.415. The van der Waals surface area contributed by atoms with Gasteiger partial charge in [0.2, 0.25) is 0 Å². The lowest BCUT2D eigenvalue weighted by atomic mass is 10.2. The quantitative estimate of drug-likeness (QED) is 0.608. The molecule has 16 heavy (non-hydrogen) atoms. The second kappa shape index (κ2) is 5.65. The summed E-state index contributed by atoms with van der Waals surface area (Å²) < 4.78 is 10.1. The number of hydrogen-bond acceptors (Lipinski definition) is 5. The van der Waals surface area contributed by atoms with Crippen molar-refractivity contribution < 1.29 is 14.1 Å². The number of rotatable bonds is 5. The number of aromatic nitrogens is 1. The van der Waals surface area contributed by atoms with Crippen molar-refractivity contribution in [3.05, 3.63) is 18.0 Å². The number of nitrogens with one attached hydrogen (secondary N) is 1. The van der Waals surface area contributed by atoms with Gasteiger partial charge in [0.15, 0.2) is 0 Å². The van der Waals surface area contributed by atoms with Gasteiger partial charge in [0.1, 0.15) is 11.4 Å². The average Bonchev–Trinajstić information content (AvgIpc) is 2.62. The van der Waals surface area contributed by atoms with Crippen LogP contribution in [0.5, 0.6) is 0 Å². The fourth-order valence-corrected chi connectivity index (χ4v) is 1.13. The van der Waals surface area contributed by atoms with Crippen molar-refractivity contribution in [3.8, 4) is 0 Å². The molecule has 1 rings (SSSR count). The maximum absolute atomic E-state index is 11.3. The zero-order valence-electron chi connectivity index (χ0n) is 9.95. The van der Waals surface area contributed by atoms with Gasteiger partial charge in [-0.1, -0.05) is 5.16 Å². The normalized spacial score (nSPS) is 11.4. The number of nitrogens with zero attached hydrogens (tertiary/aromatic N) is 1. The van der Waals surface area contributed by atoms with Crippen LogP contribution in [0.25, 0.3) is 0 Å². The highest BCUT2D eigenvalue weighted by molar-refractivity contribution is 5.70. The molecule has 5 heteroatoms. The topological polar surface area (TPSA) is 64.4 Å². The standard InChI is InChI=1S/C11H18N2O3/c1-11(2,3)15-10(14)5-6-12-8-9-4-7-13-16-9/h4,7,12H,5-6,8H2,1-3H3. The van der Waals surface area contributed by atoms with Crippen LogP contribution in [0.3, 0.4) is 0 Å². The zero-order chi connectivity index (χ0) is 12.0. The van der Waals surface area contributed by atoms with E-state index < -0.39 is 5.60 Å². The van der Waals surface area contributed by atoms with Gasteiger partial charge in [0.25, 0.3) is 0 Å². The summed E-state index contributed by atoms with van der Waals surface area (Å²) in [5, 5.41) is 6.65. The van der Waals surface area contributed by atoms with Gasteiger partial charge in [0, 0.05) is 12.6 Å². The summed E-state index contributed by atoms with van der Waals surface area (Å²) >= 11 is 0. The molecule has 0 amide bonds. The van der Waals surface area contributed by atoms with E-state index in [9.17, 15) is 4.79 Å². The Morgan fingerprint density at radius 3 is 2.88 bits per heavy atom. The van der Waals surface area contributed by atoms with Crippen molar-refractivity contribution in [2.45, 2.75) is 39.3 Å². The maximum Gasteiger partial charge on any atom is 0.307 e. The van der Waals surface area contributed by atoms with Crippen LogP contribution in [0.2, 0.25) is 0 Å². The Balaban J connectivity index is 2.09. The van der Waals surface area contributed by atoms with Crippen LogP contribution in [-0.4, -0.2) is 23.3 Å². The van der Waals surface area contributed by atoms with Crippen LogP contribution in [-0.2, 0) is 16.1 Å². The molecular weight excluding hydrogens is 208 g/mol. The predicted molar refractivity (Wildman–Crippen MR) is 58.7 cm³/mol. The average molecular weight is 226 g/mol. The lowest BCUT2D eigenvalue weighted by Gasteiger charge is -2.19. The van der Waals surface area contributed by atoms with E-state index in [0.717, 1.165) is 5.76 Å². The molecule has 0 fully saturated rings. The Labute approximate surface area is 95.1 Å². The number of carbonyl (C=O) groups excluding carboxylic acids is 1. The molecule has 0 aromatic carbocycles. The van der Waals surface area contributed by atoms with Gasteiger partial charge in [-0.05, 0) is 20.8 Å². The van der Waals surface area contributed by atoms with Gasteiger partial charge in [-0.2, -0.15) is 0 Å². The molecule has 0 spiro atoms. The van der Waals surface area contributed by atoms with Crippen LogP contribution in [0.1, 0.15) is 33.0 Å². The van der Waals surface area contributed by atoms with E-state index in [-0.39, 0.29) is 5.97 Å². The third-order valence-electron chi connectivity index (χ3n) is 1.72. The minimum atomic E-state index is -0.415. The van der Waals surface area contributed by atoms with Crippen LogP contribution in [0.15, 0.2) is 16.8 Å². The largest absolute Gasteiger partial charge is 0.460 e. The third-order valence-corrected chi connectivity index (χ3v) is 1.72. The lowest BCUT2D eigenvalue weighted by molar-refractivity contribution is -0.154. The third kappa shape index (κ3) is 5.50. The van der Waals surface area contributed by atoms with E-state index in [1.807, 2.05) is 20.8 Å². The number of esters is 1. The number of hydrogen-bond donors (Lipinski definition) is 1. The molecule has 0 aliphatic rings. The Morgan fingerprint density at radius 1 is 1.56 bits per heavy atom. The first-order valence-electron chi connectivity index (χ1n) is 5.29. The fraction of sp³-hybridized carbons (Fsp3) is 0.636. The molecule has 90 valence electrons. The molecule has 0 radical (unpaired) electrons. The molecule has 0 aliphatic carbocycles. The highest BCUT2D eigenvalue weighted by Gasteiger charge is 2.15. The molecule has 0 saturated heterocycles. The Bertz CT molecular complexity index is 314.